The molecule has 3 aromatic carbocycles. The molecule has 0 saturated heterocycles. The van der Waals surface area contributed by atoms with E-state index in [1.807, 2.05) is 61.5 Å². The smallest absolute Gasteiger partial charge is 0.363 e. The Kier molecular flexibility index (Phi) is 6.05. The SMILES string of the molecule is COc1cc(/C=C2\N=C(c3ccccc3C)OC2=O)ccc1OCc1ccc(Cl)cc1. The van der Waals surface area contributed by atoms with E-state index in [2.05, 4.69) is 4.99 Å². The van der Waals surface area contributed by atoms with Crippen molar-refractivity contribution in [2.24, 2.45) is 4.99 Å². The summed E-state index contributed by atoms with van der Waals surface area (Å²) >= 11 is 5.92. The van der Waals surface area contributed by atoms with Gasteiger partial charge >= 0.3 is 5.97 Å². The van der Waals surface area contributed by atoms with Crippen LogP contribution in [-0.4, -0.2) is 19.0 Å². The Balaban J connectivity index is 1.54. The molecular formula is C25H20ClNO4. The molecule has 0 radical (unpaired) electrons. The van der Waals surface area contributed by atoms with E-state index >= 15 is 0 Å². The Morgan fingerprint density at radius 1 is 1.03 bits per heavy atom. The summed E-state index contributed by atoms with van der Waals surface area (Å²) in [5, 5.41) is 0.678. The fourth-order valence-corrected chi connectivity index (χ4v) is 3.26. The van der Waals surface area contributed by atoms with Gasteiger partial charge in [0.05, 0.1) is 7.11 Å². The molecule has 0 saturated carbocycles. The Hall–Kier alpha value is -3.57. The number of ether oxygens (including phenoxy) is 3. The molecule has 0 spiro atoms. The van der Waals surface area contributed by atoms with Crippen LogP contribution in [-0.2, 0) is 16.1 Å². The number of rotatable bonds is 6. The summed E-state index contributed by atoms with van der Waals surface area (Å²) in [6.07, 6.45) is 1.67. The minimum atomic E-state index is -0.486. The van der Waals surface area contributed by atoms with Crippen molar-refractivity contribution < 1.29 is 19.0 Å². The molecule has 0 N–H and O–H groups in total. The Bertz CT molecular complexity index is 1180. The first-order valence-corrected chi connectivity index (χ1v) is 10.0. The summed E-state index contributed by atoms with van der Waals surface area (Å²) in [6.45, 7) is 2.32. The van der Waals surface area contributed by atoms with Gasteiger partial charge in [-0.25, -0.2) is 9.79 Å². The van der Waals surface area contributed by atoms with Crippen LogP contribution in [0.4, 0.5) is 0 Å². The number of benzene rings is 3. The van der Waals surface area contributed by atoms with Crippen molar-refractivity contribution in [1.29, 1.82) is 0 Å². The van der Waals surface area contributed by atoms with E-state index < -0.39 is 5.97 Å². The van der Waals surface area contributed by atoms with E-state index in [9.17, 15) is 4.79 Å². The van der Waals surface area contributed by atoms with Crippen LogP contribution >= 0.6 is 11.6 Å². The summed E-state index contributed by atoms with van der Waals surface area (Å²) in [7, 11) is 1.57. The van der Waals surface area contributed by atoms with Gasteiger partial charge in [0.1, 0.15) is 6.61 Å². The van der Waals surface area contributed by atoms with E-state index in [-0.39, 0.29) is 5.70 Å². The van der Waals surface area contributed by atoms with Gasteiger partial charge in [0.15, 0.2) is 17.2 Å². The van der Waals surface area contributed by atoms with Crippen molar-refractivity contribution >= 4 is 29.5 Å². The Morgan fingerprint density at radius 3 is 2.55 bits per heavy atom. The molecule has 1 aliphatic heterocycles. The van der Waals surface area contributed by atoms with Crippen molar-refractivity contribution in [3.05, 3.63) is 99.7 Å². The van der Waals surface area contributed by atoms with Gasteiger partial charge in [-0.3, -0.25) is 0 Å². The number of aliphatic imine (C=N–C) groups is 1. The number of methoxy groups -OCH3 is 1. The van der Waals surface area contributed by atoms with Crippen molar-refractivity contribution in [2.75, 3.05) is 7.11 Å². The van der Waals surface area contributed by atoms with Crippen molar-refractivity contribution in [3.63, 3.8) is 0 Å². The molecule has 4 rings (SSSR count). The van der Waals surface area contributed by atoms with Crippen LogP contribution in [0.2, 0.25) is 5.02 Å². The minimum Gasteiger partial charge on any atom is -0.493 e. The van der Waals surface area contributed by atoms with Gasteiger partial charge < -0.3 is 14.2 Å². The van der Waals surface area contributed by atoms with Crippen LogP contribution in [0, 0.1) is 6.92 Å². The fourth-order valence-electron chi connectivity index (χ4n) is 3.13. The van der Waals surface area contributed by atoms with Crippen molar-refractivity contribution in [3.8, 4) is 11.5 Å². The average molecular weight is 434 g/mol. The zero-order chi connectivity index (χ0) is 21.8. The van der Waals surface area contributed by atoms with Gasteiger partial charge in [-0.2, -0.15) is 0 Å². The highest BCUT2D eigenvalue weighted by molar-refractivity contribution is 6.30. The first-order valence-electron chi connectivity index (χ1n) is 9.67. The van der Waals surface area contributed by atoms with E-state index in [1.165, 1.54) is 0 Å². The molecule has 156 valence electrons. The minimum absolute atomic E-state index is 0.232. The number of hydrogen-bond donors (Lipinski definition) is 0. The number of carbonyl (C=O) groups excluding carboxylic acids is 1. The van der Waals surface area contributed by atoms with Gasteiger partial charge in [0.25, 0.3) is 0 Å². The highest BCUT2D eigenvalue weighted by Crippen LogP contribution is 2.30. The lowest BCUT2D eigenvalue weighted by Crippen LogP contribution is -2.06. The number of carbonyl (C=O) groups is 1. The summed E-state index contributed by atoms with van der Waals surface area (Å²) in [4.78, 5) is 16.7. The second-order valence-electron chi connectivity index (χ2n) is 6.98. The predicted octanol–water partition coefficient (Wildman–Crippen LogP) is 5.58. The maximum absolute atomic E-state index is 12.3. The van der Waals surface area contributed by atoms with Gasteiger partial charge in [-0.05, 0) is 60.0 Å². The van der Waals surface area contributed by atoms with Crippen LogP contribution in [0.3, 0.4) is 0 Å². The number of hydrogen-bond acceptors (Lipinski definition) is 5. The topological polar surface area (TPSA) is 57.1 Å². The number of esters is 1. The van der Waals surface area contributed by atoms with Crippen LogP contribution in [0.25, 0.3) is 6.08 Å². The zero-order valence-electron chi connectivity index (χ0n) is 17.1. The van der Waals surface area contributed by atoms with Gasteiger partial charge in [-0.15, -0.1) is 0 Å². The molecule has 31 heavy (non-hydrogen) atoms. The molecule has 3 aromatic rings. The van der Waals surface area contributed by atoms with E-state index in [0.29, 0.717) is 29.0 Å². The quantitative estimate of drug-likeness (QED) is 0.376. The highest BCUT2D eigenvalue weighted by Gasteiger charge is 2.25. The molecule has 5 nitrogen and oxygen atoms in total. The van der Waals surface area contributed by atoms with Crippen LogP contribution < -0.4 is 9.47 Å². The molecule has 0 bridgehead atoms. The van der Waals surface area contributed by atoms with Gasteiger partial charge in [0, 0.05) is 10.6 Å². The molecule has 0 amide bonds. The zero-order valence-corrected chi connectivity index (χ0v) is 17.8. The van der Waals surface area contributed by atoms with E-state index in [4.69, 9.17) is 25.8 Å². The lowest BCUT2D eigenvalue weighted by atomic mass is 10.1. The third kappa shape index (κ3) is 4.78. The van der Waals surface area contributed by atoms with Crippen LogP contribution in [0.1, 0.15) is 22.3 Å². The molecule has 0 fully saturated rings. The highest BCUT2D eigenvalue weighted by atomic mass is 35.5. The fraction of sp³-hybridized carbons (Fsp3) is 0.120. The summed E-state index contributed by atoms with van der Waals surface area (Å²) < 4.78 is 16.7. The maximum atomic E-state index is 12.3. The largest absolute Gasteiger partial charge is 0.493 e. The van der Waals surface area contributed by atoms with E-state index in [0.717, 1.165) is 22.3 Å². The molecule has 1 aliphatic rings. The molecule has 1 heterocycles. The number of halogens is 1. The van der Waals surface area contributed by atoms with Crippen LogP contribution in [0.5, 0.6) is 11.5 Å². The maximum Gasteiger partial charge on any atom is 0.363 e. The number of nitrogens with zero attached hydrogens (tertiary/aromatic N) is 1. The molecule has 0 unspecified atom stereocenters. The van der Waals surface area contributed by atoms with E-state index in [1.54, 1.807) is 25.3 Å². The molecular weight excluding hydrogens is 414 g/mol. The lowest BCUT2D eigenvalue weighted by Gasteiger charge is -2.11. The molecule has 0 aliphatic carbocycles. The molecule has 0 aromatic heterocycles. The monoisotopic (exact) mass is 433 g/mol. The summed E-state index contributed by atoms with van der Waals surface area (Å²) in [5.41, 5.74) is 3.75. The third-order valence-corrected chi connectivity index (χ3v) is 5.05. The van der Waals surface area contributed by atoms with Gasteiger partial charge in [-0.1, -0.05) is 48.0 Å². The van der Waals surface area contributed by atoms with Crippen molar-refractivity contribution in [1.82, 2.24) is 0 Å². The second kappa shape index (κ2) is 9.06. The lowest BCUT2D eigenvalue weighted by molar-refractivity contribution is -0.129. The Labute approximate surface area is 185 Å². The standard InChI is InChI=1S/C25H20ClNO4/c1-16-5-3-4-6-20(16)24-27-21(25(28)31-24)13-18-9-12-22(23(14-18)29-2)30-15-17-7-10-19(26)11-8-17/h3-14H,15H2,1-2H3/b21-13-. The number of cyclic esters (lactones) is 1. The normalized spacial score (nSPS) is 14.4. The first-order chi connectivity index (χ1) is 15.0. The van der Waals surface area contributed by atoms with Crippen LogP contribution in [0.15, 0.2) is 77.4 Å². The molecule has 6 heteroatoms. The summed E-state index contributed by atoms with van der Waals surface area (Å²) in [5.74, 6) is 0.972. The second-order valence-corrected chi connectivity index (χ2v) is 7.41. The number of aryl methyl sites for hydroxylation is 1. The predicted molar refractivity (Wildman–Crippen MR) is 121 cm³/mol. The molecule has 0 atom stereocenters. The van der Waals surface area contributed by atoms with Gasteiger partial charge in [0.2, 0.25) is 5.90 Å². The first kappa shape index (κ1) is 20.7. The third-order valence-electron chi connectivity index (χ3n) is 4.79. The summed E-state index contributed by atoms with van der Waals surface area (Å²) in [6, 6.07) is 20.5. The average Bonchev–Trinajstić information content (AvgIpc) is 3.14. The van der Waals surface area contributed by atoms with Crippen molar-refractivity contribution in [2.45, 2.75) is 13.5 Å². The Morgan fingerprint density at radius 2 is 1.81 bits per heavy atom.